The Bertz CT molecular complexity index is 168. The van der Waals surface area contributed by atoms with E-state index in [2.05, 4.69) is 39.9 Å². The molecule has 0 aliphatic rings. The Hall–Kier alpha value is -0.0800. The summed E-state index contributed by atoms with van der Waals surface area (Å²) in [5.74, 6) is 3.14. The zero-order valence-electron chi connectivity index (χ0n) is 12.6. The summed E-state index contributed by atoms with van der Waals surface area (Å²) in [7, 11) is 0. The van der Waals surface area contributed by atoms with Crippen molar-refractivity contribution in [2.24, 2.45) is 29.4 Å². The third-order valence-electron chi connectivity index (χ3n) is 4.06. The second-order valence-corrected chi connectivity index (χ2v) is 6.13. The molecule has 3 N–H and O–H groups in total. The average molecular weight is 242 g/mol. The van der Waals surface area contributed by atoms with Gasteiger partial charge in [0.15, 0.2) is 0 Å². The fourth-order valence-electron chi connectivity index (χ4n) is 2.14. The summed E-state index contributed by atoms with van der Waals surface area (Å²) in [5, 5.41) is 3.62. The number of hydrogen-bond acceptors (Lipinski definition) is 2. The summed E-state index contributed by atoms with van der Waals surface area (Å²) in [6.45, 7) is 14.8. The van der Waals surface area contributed by atoms with Gasteiger partial charge in [0, 0.05) is 0 Å². The highest BCUT2D eigenvalue weighted by Crippen LogP contribution is 2.19. The van der Waals surface area contributed by atoms with Crippen LogP contribution in [0.25, 0.3) is 0 Å². The number of unbranched alkanes of at least 4 members (excludes halogenated alkanes) is 1. The van der Waals surface area contributed by atoms with Crippen molar-refractivity contribution in [2.45, 2.75) is 53.9 Å². The van der Waals surface area contributed by atoms with Gasteiger partial charge in [-0.15, -0.1) is 0 Å². The van der Waals surface area contributed by atoms with Crippen molar-refractivity contribution < 1.29 is 0 Å². The van der Waals surface area contributed by atoms with Gasteiger partial charge in [-0.3, -0.25) is 0 Å². The van der Waals surface area contributed by atoms with E-state index in [0.29, 0.717) is 0 Å². The Labute approximate surface area is 109 Å². The minimum atomic E-state index is 0.770. The third kappa shape index (κ3) is 8.62. The Kier molecular flexibility index (Phi) is 9.85. The van der Waals surface area contributed by atoms with Crippen LogP contribution in [0.15, 0.2) is 0 Å². The first-order valence-electron chi connectivity index (χ1n) is 7.39. The molecule has 17 heavy (non-hydrogen) atoms. The van der Waals surface area contributed by atoms with Crippen molar-refractivity contribution in [3.8, 4) is 0 Å². The Morgan fingerprint density at radius 1 is 0.941 bits per heavy atom. The highest BCUT2D eigenvalue weighted by Gasteiger charge is 2.15. The lowest BCUT2D eigenvalue weighted by Gasteiger charge is -2.24. The van der Waals surface area contributed by atoms with E-state index in [1.54, 1.807) is 0 Å². The number of nitrogens with two attached hydrogens (primary N) is 1. The highest BCUT2D eigenvalue weighted by molar-refractivity contribution is 4.68. The lowest BCUT2D eigenvalue weighted by atomic mass is 9.86. The molecule has 0 aromatic carbocycles. The van der Waals surface area contributed by atoms with Crippen LogP contribution >= 0.6 is 0 Å². The van der Waals surface area contributed by atoms with E-state index in [1.807, 2.05) is 0 Å². The fourth-order valence-corrected chi connectivity index (χ4v) is 2.14. The van der Waals surface area contributed by atoms with Gasteiger partial charge < -0.3 is 11.1 Å². The maximum absolute atomic E-state index is 5.50. The van der Waals surface area contributed by atoms with Gasteiger partial charge in [-0.05, 0) is 56.1 Å². The Morgan fingerprint density at radius 2 is 1.59 bits per heavy atom. The lowest BCUT2D eigenvalue weighted by Crippen LogP contribution is -2.30. The van der Waals surface area contributed by atoms with Crippen LogP contribution in [0, 0.1) is 23.7 Å². The van der Waals surface area contributed by atoms with Crippen LogP contribution in [0.5, 0.6) is 0 Å². The molecule has 0 spiro atoms. The molecular formula is C15H34N2. The molecule has 0 heterocycles. The molecule has 0 saturated heterocycles. The molecule has 3 unspecified atom stereocenters. The smallest absolute Gasteiger partial charge is 0.00204 e. The molecule has 2 heteroatoms. The Balaban J connectivity index is 3.55. The van der Waals surface area contributed by atoms with Gasteiger partial charge in [-0.1, -0.05) is 41.0 Å². The number of hydrogen-bond donors (Lipinski definition) is 2. The summed E-state index contributed by atoms with van der Waals surface area (Å²) < 4.78 is 0. The SMILES string of the molecule is CC(CCCCN)CNCC(C)C(C)C(C)C. The molecule has 0 saturated carbocycles. The van der Waals surface area contributed by atoms with Crippen LogP contribution in [0.2, 0.25) is 0 Å². The standard InChI is InChI=1S/C15H34N2/c1-12(2)15(5)14(4)11-17-10-13(3)8-6-7-9-16/h12-15,17H,6-11,16H2,1-5H3. The second-order valence-electron chi connectivity index (χ2n) is 6.13. The van der Waals surface area contributed by atoms with Gasteiger partial charge in [0.1, 0.15) is 0 Å². The van der Waals surface area contributed by atoms with Gasteiger partial charge in [0.05, 0.1) is 0 Å². The fraction of sp³-hybridized carbons (Fsp3) is 1.00. The van der Waals surface area contributed by atoms with E-state index in [-0.39, 0.29) is 0 Å². The average Bonchev–Trinajstić information content (AvgIpc) is 2.28. The topological polar surface area (TPSA) is 38.0 Å². The van der Waals surface area contributed by atoms with Gasteiger partial charge in [0.25, 0.3) is 0 Å². The van der Waals surface area contributed by atoms with Crippen molar-refractivity contribution in [2.75, 3.05) is 19.6 Å². The molecule has 0 aromatic heterocycles. The molecule has 2 nitrogen and oxygen atoms in total. The largest absolute Gasteiger partial charge is 0.330 e. The zero-order valence-corrected chi connectivity index (χ0v) is 12.6. The summed E-state index contributed by atoms with van der Waals surface area (Å²) in [6.07, 6.45) is 3.75. The molecular weight excluding hydrogens is 208 g/mol. The number of rotatable bonds is 10. The summed E-state index contributed by atoms with van der Waals surface area (Å²) in [4.78, 5) is 0. The van der Waals surface area contributed by atoms with Crippen molar-refractivity contribution in [3.63, 3.8) is 0 Å². The van der Waals surface area contributed by atoms with Crippen molar-refractivity contribution in [1.29, 1.82) is 0 Å². The maximum Gasteiger partial charge on any atom is -0.00204 e. The summed E-state index contributed by atoms with van der Waals surface area (Å²) in [6, 6.07) is 0. The first-order valence-corrected chi connectivity index (χ1v) is 7.39. The molecule has 0 rings (SSSR count). The van der Waals surface area contributed by atoms with E-state index in [4.69, 9.17) is 5.73 Å². The van der Waals surface area contributed by atoms with Gasteiger partial charge in [0.2, 0.25) is 0 Å². The molecule has 0 aliphatic carbocycles. The first kappa shape index (κ1) is 16.9. The second kappa shape index (κ2) is 9.90. The minimum Gasteiger partial charge on any atom is -0.330 e. The molecule has 0 bridgehead atoms. The monoisotopic (exact) mass is 242 g/mol. The normalized spacial score (nSPS) is 17.1. The maximum atomic E-state index is 5.50. The van der Waals surface area contributed by atoms with Crippen LogP contribution < -0.4 is 11.1 Å². The lowest BCUT2D eigenvalue weighted by molar-refractivity contribution is 0.281. The zero-order chi connectivity index (χ0) is 13.3. The van der Waals surface area contributed by atoms with E-state index < -0.39 is 0 Å². The molecule has 0 aliphatic heterocycles. The van der Waals surface area contributed by atoms with E-state index >= 15 is 0 Å². The van der Waals surface area contributed by atoms with E-state index in [9.17, 15) is 0 Å². The molecule has 0 radical (unpaired) electrons. The van der Waals surface area contributed by atoms with E-state index in [0.717, 1.165) is 43.3 Å². The van der Waals surface area contributed by atoms with Crippen LogP contribution in [0.3, 0.4) is 0 Å². The first-order chi connectivity index (χ1) is 7.99. The summed E-state index contributed by atoms with van der Waals surface area (Å²) >= 11 is 0. The van der Waals surface area contributed by atoms with Crippen molar-refractivity contribution >= 4 is 0 Å². The van der Waals surface area contributed by atoms with E-state index in [1.165, 1.54) is 19.3 Å². The summed E-state index contributed by atoms with van der Waals surface area (Å²) in [5.41, 5.74) is 5.50. The Morgan fingerprint density at radius 3 is 2.12 bits per heavy atom. The molecule has 0 aromatic rings. The van der Waals surface area contributed by atoms with Crippen molar-refractivity contribution in [1.82, 2.24) is 5.32 Å². The predicted octanol–water partition coefficient (Wildman–Crippen LogP) is 3.27. The number of nitrogens with one attached hydrogen (secondary N) is 1. The van der Waals surface area contributed by atoms with Crippen molar-refractivity contribution in [3.05, 3.63) is 0 Å². The van der Waals surface area contributed by atoms with Crippen LogP contribution in [0.4, 0.5) is 0 Å². The van der Waals surface area contributed by atoms with Crippen LogP contribution in [-0.4, -0.2) is 19.6 Å². The van der Waals surface area contributed by atoms with Crippen LogP contribution in [0.1, 0.15) is 53.9 Å². The van der Waals surface area contributed by atoms with Crippen LogP contribution in [-0.2, 0) is 0 Å². The van der Waals surface area contributed by atoms with Gasteiger partial charge in [-0.2, -0.15) is 0 Å². The highest BCUT2D eigenvalue weighted by atomic mass is 14.9. The third-order valence-corrected chi connectivity index (χ3v) is 4.06. The van der Waals surface area contributed by atoms with Gasteiger partial charge >= 0.3 is 0 Å². The van der Waals surface area contributed by atoms with Gasteiger partial charge in [-0.25, -0.2) is 0 Å². The predicted molar refractivity (Wildman–Crippen MR) is 78.1 cm³/mol. The molecule has 0 fully saturated rings. The molecule has 0 amide bonds. The molecule has 104 valence electrons. The quantitative estimate of drug-likeness (QED) is 0.577. The minimum absolute atomic E-state index is 0.770. The molecule has 3 atom stereocenters.